The SMILES string of the molecule is CCOC(=O)c1csc(-c2ccnc(N(C)CCCCOS(C)(=O)=O)c2)n1. The van der Waals surface area contributed by atoms with Crippen LogP contribution in [0.1, 0.15) is 30.3 Å². The third-order valence-corrected chi connectivity index (χ3v) is 5.04. The molecule has 0 bridgehead atoms. The highest BCUT2D eigenvalue weighted by molar-refractivity contribution is 7.85. The number of esters is 1. The first-order chi connectivity index (χ1) is 12.8. The number of ether oxygens (including phenoxy) is 1. The van der Waals surface area contributed by atoms with Gasteiger partial charge in [-0.3, -0.25) is 4.18 Å². The third-order valence-electron chi connectivity index (χ3n) is 3.56. The van der Waals surface area contributed by atoms with Crippen LogP contribution in [0.4, 0.5) is 5.82 Å². The van der Waals surface area contributed by atoms with Crippen molar-refractivity contribution in [3.8, 4) is 10.6 Å². The summed E-state index contributed by atoms with van der Waals surface area (Å²) >= 11 is 1.37. The number of rotatable bonds is 10. The molecule has 0 N–H and O–H groups in total. The quantitative estimate of drug-likeness (QED) is 0.333. The second-order valence-corrected chi connectivity index (χ2v) is 8.32. The van der Waals surface area contributed by atoms with Gasteiger partial charge in [0.25, 0.3) is 10.1 Å². The Morgan fingerprint density at radius 3 is 2.81 bits per heavy atom. The number of carbonyl (C=O) groups is 1. The molecular formula is C17H23N3O5S2. The van der Waals surface area contributed by atoms with Crippen LogP contribution in [0.15, 0.2) is 23.7 Å². The predicted octanol–water partition coefficient (Wildman–Crippen LogP) is 2.57. The molecular weight excluding hydrogens is 390 g/mol. The molecule has 8 nitrogen and oxygen atoms in total. The Morgan fingerprint density at radius 1 is 1.33 bits per heavy atom. The molecule has 0 spiro atoms. The minimum absolute atomic E-state index is 0.176. The van der Waals surface area contributed by atoms with Gasteiger partial charge < -0.3 is 9.64 Å². The van der Waals surface area contributed by atoms with Gasteiger partial charge in [-0.1, -0.05) is 0 Å². The predicted molar refractivity (Wildman–Crippen MR) is 105 cm³/mol. The average molecular weight is 414 g/mol. The van der Waals surface area contributed by atoms with Crippen LogP contribution < -0.4 is 4.90 Å². The lowest BCUT2D eigenvalue weighted by Gasteiger charge is -2.18. The van der Waals surface area contributed by atoms with E-state index in [1.54, 1.807) is 18.5 Å². The van der Waals surface area contributed by atoms with Crippen LogP contribution in [0.2, 0.25) is 0 Å². The van der Waals surface area contributed by atoms with Crippen LogP contribution in [-0.4, -0.2) is 57.4 Å². The van der Waals surface area contributed by atoms with Gasteiger partial charge in [0.05, 0.1) is 19.5 Å². The summed E-state index contributed by atoms with van der Waals surface area (Å²) < 4.78 is 31.5. The Morgan fingerprint density at radius 2 is 2.11 bits per heavy atom. The first kappa shape index (κ1) is 21.3. The maximum Gasteiger partial charge on any atom is 0.357 e. The number of nitrogens with zero attached hydrogens (tertiary/aromatic N) is 3. The maximum absolute atomic E-state index is 11.8. The fraction of sp³-hybridized carbons (Fsp3) is 0.471. The number of thiazole rings is 1. The molecule has 0 unspecified atom stereocenters. The molecule has 10 heteroatoms. The minimum atomic E-state index is -3.39. The van der Waals surface area contributed by atoms with E-state index in [2.05, 4.69) is 9.97 Å². The Hall–Kier alpha value is -2.04. The second kappa shape index (κ2) is 9.77. The Bertz CT molecular complexity index is 867. The van der Waals surface area contributed by atoms with Crippen molar-refractivity contribution in [2.24, 2.45) is 0 Å². The number of aromatic nitrogens is 2. The van der Waals surface area contributed by atoms with Gasteiger partial charge in [-0.2, -0.15) is 8.42 Å². The zero-order chi connectivity index (χ0) is 19.9. The summed E-state index contributed by atoms with van der Waals surface area (Å²) in [5.41, 5.74) is 1.17. The molecule has 2 aromatic heterocycles. The number of hydrogen-bond acceptors (Lipinski definition) is 9. The number of carbonyl (C=O) groups excluding carboxylic acids is 1. The van der Waals surface area contributed by atoms with Crippen molar-refractivity contribution < 1.29 is 22.1 Å². The van der Waals surface area contributed by atoms with Crippen LogP contribution in [0, 0.1) is 0 Å². The molecule has 0 atom stereocenters. The molecule has 0 amide bonds. The molecule has 0 aromatic carbocycles. The zero-order valence-corrected chi connectivity index (χ0v) is 17.2. The molecule has 148 valence electrons. The van der Waals surface area contributed by atoms with Gasteiger partial charge in [0.2, 0.25) is 0 Å². The van der Waals surface area contributed by atoms with Crippen LogP contribution in [0.25, 0.3) is 10.6 Å². The summed E-state index contributed by atoms with van der Waals surface area (Å²) in [5, 5.41) is 2.40. The summed E-state index contributed by atoms with van der Waals surface area (Å²) in [6.07, 6.45) is 4.13. The summed E-state index contributed by atoms with van der Waals surface area (Å²) in [4.78, 5) is 22.4. The Balaban J connectivity index is 1.95. The van der Waals surface area contributed by atoms with Gasteiger partial charge in [0.1, 0.15) is 10.8 Å². The fourth-order valence-corrected chi connectivity index (χ4v) is 3.45. The zero-order valence-electron chi connectivity index (χ0n) is 15.5. The van der Waals surface area contributed by atoms with Gasteiger partial charge in [-0.15, -0.1) is 11.3 Å². The summed E-state index contributed by atoms with van der Waals surface area (Å²) in [6.45, 7) is 2.94. The molecule has 0 aliphatic carbocycles. The highest BCUT2D eigenvalue weighted by Gasteiger charge is 2.13. The van der Waals surface area contributed by atoms with E-state index in [0.29, 0.717) is 25.3 Å². The monoisotopic (exact) mass is 413 g/mol. The number of pyridine rings is 1. The smallest absolute Gasteiger partial charge is 0.357 e. The normalized spacial score (nSPS) is 11.4. The topological polar surface area (TPSA) is 98.7 Å². The molecule has 2 heterocycles. The Labute approximate surface area is 163 Å². The van der Waals surface area contributed by atoms with Crippen molar-refractivity contribution in [3.05, 3.63) is 29.4 Å². The Kier molecular flexibility index (Phi) is 7.69. The van der Waals surface area contributed by atoms with Gasteiger partial charge >= 0.3 is 5.97 Å². The van der Waals surface area contributed by atoms with Crippen molar-refractivity contribution in [1.29, 1.82) is 0 Å². The van der Waals surface area contributed by atoms with Crippen LogP contribution in [0.3, 0.4) is 0 Å². The standard InChI is InChI=1S/C17H23N3O5S2/c1-4-24-17(21)14-12-26-16(19-14)13-7-8-18-15(11-13)20(2)9-5-6-10-25-27(3,22)23/h7-8,11-12H,4-6,9-10H2,1-3H3. The molecule has 27 heavy (non-hydrogen) atoms. The highest BCUT2D eigenvalue weighted by atomic mass is 32.2. The van der Waals surface area contributed by atoms with Crippen LogP contribution >= 0.6 is 11.3 Å². The average Bonchev–Trinajstić information content (AvgIpc) is 3.11. The van der Waals surface area contributed by atoms with Gasteiger partial charge in [0.15, 0.2) is 5.69 Å². The van der Waals surface area contributed by atoms with Gasteiger partial charge in [-0.25, -0.2) is 14.8 Å². The lowest BCUT2D eigenvalue weighted by molar-refractivity contribution is 0.0520. The molecule has 2 aromatic rings. The summed E-state index contributed by atoms with van der Waals surface area (Å²) in [5.74, 6) is 0.340. The van der Waals surface area contributed by atoms with Gasteiger partial charge in [-0.05, 0) is 31.9 Å². The van der Waals surface area contributed by atoms with Crippen molar-refractivity contribution in [1.82, 2.24) is 9.97 Å². The number of anilines is 1. The molecule has 0 aliphatic heterocycles. The first-order valence-electron chi connectivity index (χ1n) is 8.44. The molecule has 0 saturated carbocycles. The summed E-state index contributed by atoms with van der Waals surface area (Å²) in [7, 11) is -1.47. The van der Waals surface area contributed by atoms with Gasteiger partial charge in [0, 0.05) is 30.7 Å². The lowest BCUT2D eigenvalue weighted by Crippen LogP contribution is -2.20. The van der Waals surface area contributed by atoms with Crippen molar-refractivity contribution in [3.63, 3.8) is 0 Å². The van der Waals surface area contributed by atoms with E-state index in [-0.39, 0.29) is 6.61 Å². The van der Waals surface area contributed by atoms with E-state index in [1.807, 2.05) is 24.1 Å². The second-order valence-electron chi connectivity index (χ2n) is 5.82. The molecule has 0 saturated heterocycles. The van der Waals surface area contributed by atoms with Crippen molar-refractivity contribution >= 4 is 33.2 Å². The van der Waals surface area contributed by atoms with E-state index >= 15 is 0 Å². The van der Waals surface area contributed by atoms with Crippen molar-refractivity contribution in [2.75, 3.05) is 38.0 Å². The van der Waals surface area contributed by atoms with E-state index < -0.39 is 16.1 Å². The maximum atomic E-state index is 11.8. The number of unbranched alkanes of at least 4 members (excludes halogenated alkanes) is 1. The third kappa shape index (κ3) is 6.89. The minimum Gasteiger partial charge on any atom is -0.461 e. The molecule has 0 radical (unpaired) electrons. The van der Waals surface area contributed by atoms with E-state index in [1.165, 1.54) is 11.3 Å². The molecule has 0 fully saturated rings. The summed E-state index contributed by atoms with van der Waals surface area (Å²) in [6, 6.07) is 3.74. The van der Waals surface area contributed by atoms with E-state index in [0.717, 1.165) is 29.1 Å². The van der Waals surface area contributed by atoms with E-state index in [4.69, 9.17) is 8.92 Å². The van der Waals surface area contributed by atoms with Crippen molar-refractivity contribution in [2.45, 2.75) is 19.8 Å². The molecule has 2 rings (SSSR count). The largest absolute Gasteiger partial charge is 0.461 e. The van der Waals surface area contributed by atoms with E-state index in [9.17, 15) is 13.2 Å². The fourth-order valence-electron chi connectivity index (χ4n) is 2.24. The highest BCUT2D eigenvalue weighted by Crippen LogP contribution is 2.26. The van der Waals surface area contributed by atoms with Crippen LogP contribution in [0.5, 0.6) is 0 Å². The van der Waals surface area contributed by atoms with Crippen LogP contribution in [-0.2, 0) is 19.0 Å². The molecule has 0 aliphatic rings. The lowest BCUT2D eigenvalue weighted by atomic mass is 10.2. The number of hydrogen-bond donors (Lipinski definition) is 0. The first-order valence-corrected chi connectivity index (χ1v) is 11.1.